The van der Waals surface area contributed by atoms with E-state index in [4.69, 9.17) is 10.00 Å². The molecule has 0 heterocycles. The van der Waals surface area contributed by atoms with Crippen LogP contribution in [0.15, 0.2) is 22.7 Å². The van der Waals surface area contributed by atoms with Crippen LogP contribution in [0.5, 0.6) is 5.75 Å². The zero-order valence-corrected chi connectivity index (χ0v) is 9.84. The predicted molar refractivity (Wildman–Crippen MR) is 59.3 cm³/mol. The van der Waals surface area contributed by atoms with Crippen LogP contribution in [0.4, 0.5) is 0 Å². The molecule has 0 aliphatic heterocycles. The van der Waals surface area contributed by atoms with Crippen molar-refractivity contribution in [2.75, 3.05) is 7.11 Å². The lowest BCUT2D eigenvalue weighted by Gasteiger charge is -2.11. The normalized spacial score (nSPS) is 11.9. The van der Waals surface area contributed by atoms with E-state index in [0.717, 1.165) is 22.2 Å². The highest BCUT2D eigenvalue weighted by atomic mass is 79.9. The van der Waals surface area contributed by atoms with Gasteiger partial charge >= 0.3 is 0 Å². The van der Waals surface area contributed by atoms with Crippen LogP contribution < -0.4 is 4.74 Å². The first-order valence-electron chi connectivity index (χ1n) is 4.46. The first-order chi connectivity index (χ1) is 6.72. The highest BCUT2D eigenvalue weighted by molar-refractivity contribution is 9.10. The Balaban J connectivity index is 3.14. The van der Waals surface area contributed by atoms with Gasteiger partial charge in [0.1, 0.15) is 5.75 Å². The van der Waals surface area contributed by atoms with E-state index in [2.05, 4.69) is 22.0 Å². The molecule has 0 aromatic heterocycles. The van der Waals surface area contributed by atoms with E-state index in [0.29, 0.717) is 0 Å². The van der Waals surface area contributed by atoms with E-state index < -0.39 is 0 Å². The molecule has 0 saturated heterocycles. The molecule has 2 nitrogen and oxygen atoms in total. The smallest absolute Gasteiger partial charge is 0.124 e. The molecule has 74 valence electrons. The third-order valence-electron chi connectivity index (χ3n) is 2.14. The number of nitrogens with zero attached hydrogens (tertiary/aromatic N) is 1. The predicted octanol–water partition coefficient (Wildman–Crippen LogP) is 3.47. The zero-order valence-electron chi connectivity index (χ0n) is 8.25. The van der Waals surface area contributed by atoms with E-state index in [-0.39, 0.29) is 5.92 Å². The highest BCUT2D eigenvalue weighted by Crippen LogP contribution is 2.30. The second-order valence-electron chi connectivity index (χ2n) is 2.98. The lowest BCUT2D eigenvalue weighted by atomic mass is 9.97. The van der Waals surface area contributed by atoms with Crippen LogP contribution in [0.25, 0.3) is 0 Å². The number of benzene rings is 1. The molecule has 0 bridgehead atoms. The third kappa shape index (κ3) is 2.27. The van der Waals surface area contributed by atoms with Gasteiger partial charge in [0.2, 0.25) is 0 Å². The van der Waals surface area contributed by atoms with Gasteiger partial charge < -0.3 is 4.74 Å². The van der Waals surface area contributed by atoms with Crippen molar-refractivity contribution in [2.45, 2.75) is 19.3 Å². The van der Waals surface area contributed by atoms with Crippen molar-refractivity contribution < 1.29 is 4.74 Å². The van der Waals surface area contributed by atoms with Gasteiger partial charge in [0.25, 0.3) is 0 Å². The molecule has 0 N–H and O–H groups in total. The molecule has 14 heavy (non-hydrogen) atoms. The molecule has 1 rings (SSSR count). The monoisotopic (exact) mass is 253 g/mol. The van der Waals surface area contributed by atoms with E-state index >= 15 is 0 Å². The van der Waals surface area contributed by atoms with Crippen molar-refractivity contribution in [1.82, 2.24) is 0 Å². The topological polar surface area (TPSA) is 33.0 Å². The van der Waals surface area contributed by atoms with Crippen LogP contribution in [0.2, 0.25) is 0 Å². The van der Waals surface area contributed by atoms with Crippen LogP contribution >= 0.6 is 15.9 Å². The minimum Gasteiger partial charge on any atom is -0.496 e. The number of ether oxygens (including phenoxy) is 1. The number of methoxy groups -OCH3 is 1. The zero-order chi connectivity index (χ0) is 10.6. The maximum Gasteiger partial charge on any atom is 0.124 e. The van der Waals surface area contributed by atoms with E-state index in [1.54, 1.807) is 7.11 Å². The van der Waals surface area contributed by atoms with Gasteiger partial charge in [-0.25, -0.2) is 0 Å². The number of hydrogen-bond donors (Lipinski definition) is 0. The van der Waals surface area contributed by atoms with Crippen LogP contribution in [0.3, 0.4) is 0 Å². The molecule has 1 atom stereocenters. The van der Waals surface area contributed by atoms with Crippen LogP contribution in [0.1, 0.15) is 24.8 Å². The Hall–Kier alpha value is -1.01. The minimum atomic E-state index is -0.0851. The molecule has 0 radical (unpaired) electrons. The number of nitriles is 1. The maximum atomic E-state index is 8.95. The molecular weight excluding hydrogens is 242 g/mol. The molecule has 3 heteroatoms. The quantitative estimate of drug-likeness (QED) is 0.827. The van der Waals surface area contributed by atoms with Gasteiger partial charge in [-0.3, -0.25) is 0 Å². The average Bonchev–Trinajstić information content (AvgIpc) is 2.21. The van der Waals surface area contributed by atoms with Gasteiger partial charge in [-0.1, -0.05) is 28.9 Å². The highest BCUT2D eigenvalue weighted by Gasteiger charge is 2.13. The Morgan fingerprint density at radius 2 is 2.29 bits per heavy atom. The molecule has 0 spiro atoms. The summed E-state index contributed by atoms with van der Waals surface area (Å²) in [7, 11) is 1.62. The largest absolute Gasteiger partial charge is 0.496 e. The van der Waals surface area contributed by atoms with E-state index in [1.165, 1.54) is 0 Å². The lowest BCUT2D eigenvalue weighted by Crippen LogP contribution is -1.97. The minimum absolute atomic E-state index is 0.0851. The second kappa shape index (κ2) is 5.02. The Bertz CT molecular complexity index is 357. The Labute approximate surface area is 92.6 Å². The Kier molecular flexibility index (Phi) is 3.97. The van der Waals surface area contributed by atoms with Gasteiger partial charge in [-0.2, -0.15) is 5.26 Å². The summed E-state index contributed by atoms with van der Waals surface area (Å²) >= 11 is 3.37. The summed E-state index contributed by atoms with van der Waals surface area (Å²) in [5, 5.41) is 8.95. The molecule has 0 fully saturated rings. The number of rotatable bonds is 3. The van der Waals surface area contributed by atoms with Crippen molar-refractivity contribution in [2.24, 2.45) is 0 Å². The van der Waals surface area contributed by atoms with Crippen molar-refractivity contribution in [3.05, 3.63) is 28.2 Å². The van der Waals surface area contributed by atoms with Crippen LogP contribution in [0, 0.1) is 11.3 Å². The molecular formula is C11H12BrNO. The van der Waals surface area contributed by atoms with E-state index in [9.17, 15) is 0 Å². The van der Waals surface area contributed by atoms with Crippen molar-refractivity contribution in [3.63, 3.8) is 0 Å². The summed E-state index contributed by atoms with van der Waals surface area (Å²) in [5.74, 6) is 0.686. The standard InChI is InChI=1S/C11H12BrNO/c1-3-8(7-13)10-5-4-9(12)6-11(10)14-2/h4-6,8H,3H2,1-2H3. The van der Waals surface area contributed by atoms with Crippen LogP contribution in [-0.4, -0.2) is 7.11 Å². The SMILES string of the molecule is CCC(C#N)c1ccc(Br)cc1OC. The van der Waals surface area contributed by atoms with Gasteiger partial charge in [0.05, 0.1) is 19.1 Å². The molecule has 0 aliphatic rings. The summed E-state index contributed by atoms with van der Waals surface area (Å²) < 4.78 is 6.19. The summed E-state index contributed by atoms with van der Waals surface area (Å²) in [6, 6.07) is 8.01. The van der Waals surface area contributed by atoms with Gasteiger partial charge in [-0.05, 0) is 18.6 Å². The first kappa shape index (κ1) is 11.1. The summed E-state index contributed by atoms with van der Waals surface area (Å²) in [6.07, 6.45) is 0.800. The number of halogens is 1. The number of hydrogen-bond acceptors (Lipinski definition) is 2. The fourth-order valence-electron chi connectivity index (χ4n) is 1.35. The van der Waals surface area contributed by atoms with E-state index in [1.807, 2.05) is 25.1 Å². The van der Waals surface area contributed by atoms with Gasteiger partial charge in [0, 0.05) is 10.0 Å². The fourth-order valence-corrected chi connectivity index (χ4v) is 1.69. The summed E-state index contributed by atoms with van der Waals surface area (Å²) in [6.45, 7) is 2.00. The molecule has 0 saturated carbocycles. The van der Waals surface area contributed by atoms with Crippen LogP contribution in [-0.2, 0) is 0 Å². The van der Waals surface area contributed by atoms with Crippen molar-refractivity contribution in [3.8, 4) is 11.8 Å². The van der Waals surface area contributed by atoms with Crippen molar-refractivity contribution >= 4 is 15.9 Å². The average molecular weight is 254 g/mol. The lowest BCUT2D eigenvalue weighted by molar-refractivity contribution is 0.407. The molecule has 1 aromatic carbocycles. The van der Waals surface area contributed by atoms with Gasteiger partial charge in [-0.15, -0.1) is 0 Å². The molecule has 0 amide bonds. The Morgan fingerprint density at radius 1 is 1.57 bits per heavy atom. The summed E-state index contributed by atoms with van der Waals surface area (Å²) in [5.41, 5.74) is 0.959. The van der Waals surface area contributed by atoms with Crippen molar-refractivity contribution in [1.29, 1.82) is 5.26 Å². The van der Waals surface area contributed by atoms with Gasteiger partial charge in [0.15, 0.2) is 0 Å². The molecule has 1 unspecified atom stereocenters. The summed E-state index contributed by atoms with van der Waals surface area (Å²) in [4.78, 5) is 0. The Morgan fingerprint density at radius 3 is 2.79 bits per heavy atom. The fraction of sp³-hybridized carbons (Fsp3) is 0.364. The molecule has 1 aromatic rings. The molecule has 0 aliphatic carbocycles. The second-order valence-corrected chi connectivity index (χ2v) is 3.89. The first-order valence-corrected chi connectivity index (χ1v) is 5.25. The third-order valence-corrected chi connectivity index (χ3v) is 2.63. The maximum absolute atomic E-state index is 8.95.